The largest absolute Gasteiger partial charge is 0.497 e. The molecule has 0 saturated carbocycles. The van der Waals surface area contributed by atoms with Gasteiger partial charge in [0.1, 0.15) is 35.4 Å². The third kappa shape index (κ3) is 17.3. The Hall–Kier alpha value is -4.42. The van der Waals surface area contributed by atoms with Crippen molar-refractivity contribution in [2.24, 2.45) is 0 Å². The average molecular weight is 1020 g/mol. The Kier molecular flexibility index (Phi) is 26.0. The maximum atomic E-state index is 13.7. The Bertz CT molecular complexity index is 2200. The van der Waals surface area contributed by atoms with Crippen LogP contribution in [0.2, 0.25) is 0 Å². The zero-order chi connectivity index (χ0) is 51.6. The van der Waals surface area contributed by atoms with Gasteiger partial charge in [0.05, 0.1) is 53.1 Å². The molecule has 15 heteroatoms. The first-order chi connectivity index (χ1) is 35.1. The molecule has 5 rings (SSSR count). The molecule has 3 aromatic carbocycles. The summed E-state index contributed by atoms with van der Waals surface area (Å²) in [5.74, 6) is 1.37. The van der Waals surface area contributed by atoms with E-state index in [4.69, 9.17) is 37.5 Å². The zero-order valence-corrected chi connectivity index (χ0v) is 45.0. The zero-order valence-electron chi connectivity index (χ0n) is 44.1. The standard InChI is InChI=1S/C57H83N4O10P/c1-8-9-10-11-12-13-14-15-16-17-18-19-20-24-39-66-41-42-67-54-53(71-72(69-40-25-37-58)61(44(2)3)45(4)5)51(70-55(54)60-38-36-52(62)59-56(60)63)43-68-57(46-26-22-21-23-27-46,47-28-32-49(64-6)33-29-47)48-30-34-50(65-7)35-31-48/h21-23,26-36,38,44-45,51,53-55H,8-20,24-25,39-43H2,1-7H3,(H,59,62,63)/t51-,53-,54-,55-,72?/m1/s1. The summed E-state index contributed by atoms with van der Waals surface area (Å²) >= 11 is 0. The Morgan fingerprint density at radius 1 is 0.694 bits per heavy atom. The number of nitrogens with one attached hydrogen (secondary N) is 1. The highest BCUT2D eigenvalue weighted by molar-refractivity contribution is 7.44. The van der Waals surface area contributed by atoms with E-state index in [1.807, 2.05) is 78.9 Å². The van der Waals surface area contributed by atoms with Crippen LogP contribution in [0.1, 0.15) is 154 Å². The lowest BCUT2D eigenvalue weighted by Gasteiger charge is -2.39. The maximum Gasteiger partial charge on any atom is 0.330 e. The molecule has 0 aliphatic carbocycles. The van der Waals surface area contributed by atoms with Crippen LogP contribution in [0.3, 0.4) is 0 Å². The summed E-state index contributed by atoms with van der Waals surface area (Å²) in [6, 6.07) is 29.0. The molecule has 396 valence electrons. The molecule has 14 nitrogen and oxygen atoms in total. The van der Waals surface area contributed by atoms with E-state index in [1.165, 1.54) is 93.9 Å². The molecule has 72 heavy (non-hydrogen) atoms. The molecule has 1 aromatic heterocycles. The highest BCUT2D eigenvalue weighted by Gasteiger charge is 2.51. The van der Waals surface area contributed by atoms with E-state index in [2.05, 4.69) is 50.3 Å². The molecule has 0 bridgehead atoms. The monoisotopic (exact) mass is 1010 g/mol. The molecule has 1 N–H and O–H groups in total. The van der Waals surface area contributed by atoms with Gasteiger partial charge in [-0.2, -0.15) is 5.26 Å². The first-order valence-electron chi connectivity index (χ1n) is 26.5. The average Bonchev–Trinajstić information content (AvgIpc) is 3.72. The third-order valence-corrected chi connectivity index (χ3v) is 15.2. The molecule has 0 spiro atoms. The highest BCUT2D eigenvalue weighted by atomic mass is 31.2. The molecule has 5 atom stereocenters. The van der Waals surface area contributed by atoms with Gasteiger partial charge in [-0.1, -0.05) is 145 Å². The summed E-state index contributed by atoms with van der Waals surface area (Å²) in [7, 11) is 1.42. The molecule has 4 aromatic rings. The quantitative estimate of drug-likeness (QED) is 0.0262. The lowest BCUT2D eigenvalue weighted by molar-refractivity contribution is -0.0997. The van der Waals surface area contributed by atoms with Crippen LogP contribution >= 0.6 is 8.53 Å². The van der Waals surface area contributed by atoms with Gasteiger partial charge < -0.3 is 37.5 Å². The van der Waals surface area contributed by atoms with E-state index in [0.29, 0.717) is 24.7 Å². The van der Waals surface area contributed by atoms with Gasteiger partial charge in [0.15, 0.2) is 6.23 Å². The van der Waals surface area contributed by atoms with E-state index in [-0.39, 0.29) is 38.3 Å². The van der Waals surface area contributed by atoms with Crippen LogP contribution in [-0.4, -0.2) is 91.9 Å². The normalized spacial score (nSPS) is 17.5. The van der Waals surface area contributed by atoms with Gasteiger partial charge in [0.2, 0.25) is 0 Å². The lowest BCUT2D eigenvalue weighted by Crippen LogP contribution is -2.44. The van der Waals surface area contributed by atoms with Crippen LogP contribution < -0.4 is 20.7 Å². The Labute approximate surface area is 430 Å². The van der Waals surface area contributed by atoms with Crippen LogP contribution in [0, 0.1) is 11.3 Å². The number of hydrogen-bond donors (Lipinski definition) is 1. The van der Waals surface area contributed by atoms with Gasteiger partial charge >= 0.3 is 5.69 Å². The lowest BCUT2D eigenvalue weighted by atomic mass is 9.80. The second-order valence-corrected chi connectivity index (χ2v) is 20.5. The van der Waals surface area contributed by atoms with Crippen molar-refractivity contribution in [1.82, 2.24) is 14.2 Å². The van der Waals surface area contributed by atoms with Gasteiger partial charge in [-0.25, -0.2) is 9.46 Å². The van der Waals surface area contributed by atoms with E-state index < -0.39 is 49.9 Å². The molecule has 1 aliphatic rings. The second-order valence-electron chi connectivity index (χ2n) is 19.1. The molecule has 1 saturated heterocycles. The van der Waals surface area contributed by atoms with E-state index >= 15 is 0 Å². The number of nitrogens with zero attached hydrogens (tertiary/aromatic N) is 3. The number of aromatic nitrogens is 2. The van der Waals surface area contributed by atoms with Crippen LogP contribution in [-0.2, 0) is 33.6 Å². The fourth-order valence-corrected chi connectivity index (χ4v) is 11.2. The number of nitriles is 1. The van der Waals surface area contributed by atoms with Crippen molar-refractivity contribution < 1.29 is 37.5 Å². The summed E-state index contributed by atoms with van der Waals surface area (Å²) in [5.41, 5.74) is 0.0701. The fraction of sp³-hybridized carbons (Fsp3) is 0.596. The highest BCUT2D eigenvalue weighted by Crippen LogP contribution is 2.51. The van der Waals surface area contributed by atoms with Gasteiger partial charge in [0.25, 0.3) is 14.1 Å². The van der Waals surface area contributed by atoms with Crippen LogP contribution in [0.5, 0.6) is 11.5 Å². The number of hydrogen-bond acceptors (Lipinski definition) is 12. The minimum Gasteiger partial charge on any atom is -0.497 e. The molecule has 1 aliphatic heterocycles. The number of ether oxygens (including phenoxy) is 6. The fourth-order valence-electron chi connectivity index (χ4n) is 9.42. The SMILES string of the molecule is CCCCCCCCCCCCCCCCOCCO[C@@H]1[C@H](OP(OCCC#N)N(C(C)C)C(C)C)[C@@H](COC(c2ccccc2)(c2ccc(OC)cc2)c2ccc(OC)cc2)O[C@H]1n1ccc(=O)[nH]c1=O. The first-order valence-corrected chi connectivity index (χ1v) is 27.6. The van der Waals surface area contributed by atoms with Crippen molar-refractivity contribution in [2.75, 3.05) is 47.3 Å². The van der Waals surface area contributed by atoms with Gasteiger partial charge in [0, 0.05) is 31.0 Å². The van der Waals surface area contributed by atoms with Crippen molar-refractivity contribution in [3.63, 3.8) is 0 Å². The van der Waals surface area contributed by atoms with Gasteiger partial charge in [-0.3, -0.25) is 14.3 Å². The van der Waals surface area contributed by atoms with Crippen molar-refractivity contribution in [3.8, 4) is 17.6 Å². The first kappa shape index (κ1) is 58.5. The maximum absolute atomic E-state index is 13.7. The van der Waals surface area contributed by atoms with E-state index in [0.717, 1.165) is 29.5 Å². The topological polar surface area (TPSA) is 156 Å². The van der Waals surface area contributed by atoms with Crippen LogP contribution in [0.25, 0.3) is 0 Å². The molecule has 0 radical (unpaired) electrons. The second kappa shape index (κ2) is 32.0. The van der Waals surface area contributed by atoms with Crippen LogP contribution in [0.15, 0.2) is 101 Å². The number of aromatic amines is 1. The summed E-state index contributed by atoms with van der Waals surface area (Å²) < 4.78 is 55.6. The van der Waals surface area contributed by atoms with Crippen molar-refractivity contribution in [1.29, 1.82) is 5.26 Å². The summed E-state index contributed by atoms with van der Waals surface area (Å²) in [6.07, 6.45) is 15.8. The predicted octanol–water partition coefficient (Wildman–Crippen LogP) is 12.0. The van der Waals surface area contributed by atoms with E-state index in [9.17, 15) is 14.9 Å². The molecule has 2 heterocycles. The molecular weight excluding hydrogens is 932 g/mol. The predicted molar refractivity (Wildman–Crippen MR) is 284 cm³/mol. The van der Waals surface area contributed by atoms with Crippen molar-refractivity contribution in [3.05, 3.63) is 129 Å². The number of rotatable bonds is 36. The number of methoxy groups -OCH3 is 2. The van der Waals surface area contributed by atoms with Crippen molar-refractivity contribution in [2.45, 2.75) is 173 Å². The summed E-state index contributed by atoms with van der Waals surface area (Å²) in [4.78, 5) is 28.5. The molecule has 1 unspecified atom stereocenters. The molecular formula is C57H83N4O10P. The Balaban J connectivity index is 1.41. The number of benzene rings is 3. The summed E-state index contributed by atoms with van der Waals surface area (Å²) in [5, 5.41) is 9.56. The minimum absolute atomic E-state index is 0.00798. The number of unbranched alkanes of at least 4 members (excludes halogenated alkanes) is 13. The van der Waals surface area contributed by atoms with E-state index in [1.54, 1.807) is 14.2 Å². The van der Waals surface area contributed by atoms with Crippen molar-refractivity contribution >= 4 is 8.53 Å². The van der Waals surface area contributed by atoms with Gasteiger partial charge in [-0.15, -0.1) is 0 Å². The number of H-pyrrole nitrogens is 1. The third-order valence-electron chi connectivity index (χ3n) is 13.1. The van der Waals surface area contributed by atoms with Crippen LogP contribution in [0.4, 0.5) is 0 Å². The molecule has 1 fully saturated rings. The Morgan fingerprint density at radius 2 is 1.24 bits per heavy atom. The molecule has 0 amide bonds. The summed E-state index contributed by atoms with van der Waals surface area (Å²) in [6.45, 7) is 11.7. The smallest absolute Gasteiger partial charge is 0.330 e. The Morgan fingerprint density at radius 3 is 1.75 bits per heavy atom. The minimum atomic E-state index is -1.84. The van der Waals surface area contributed by atoms with Gasteiger partial charge in [-0.05, 0) is 75.1 Å².